The van der Waals surface area contributed by atoms with Crippen molar-refractivity contribution < 1.29 is 9.53 Å². The molecule has 0 aliphatic heterocycles. The van der Waals surface area contributed by atoms with Gasteiger partial charge in [-0.3, -0.25) is 4.79 Å². The summed E-state index contributed by atoms with van der Waals surface area (Å²) >= 11 is 3.28. The second kappa shape index (κ2) is 4.98. The number of nitrogens with two attached hydrogens (primary N) is 1. The second-order valence-corrected chi connectivity index (χ2v) is 3.94. The highest BCUT2D eigenvalue weighted by Crippen LogP contribution is 2.31. The predicted molar refractivity (Wildman–Crippen MR) is 64.3 cm³/mol. The van der Waals surface area contributed by atoms with Crippen molar-refractivity contribution in [3.8, 4) is 5.75 Å². The largest absolute Gasteiger partial charge is 0.487 e. The number of ketones is 1. The van der Waals surface area contributed by atoms with Crippen LogP contribution in [-0.4, -0.2) is 12.4 Å². The van der Waals surface area contributed by atoms with Gasteiger partial charge in [0.1, 0.15) is 6.61 Å². The van der Waals surface area contributed by atoms with Crippen LogP contribution in [0, 0.1) is 0 Å². The van der Waals surface area contributed by atoms with Gasteiger partial charge in [-0.05, 0) is 19.1 Å². The Kier molecular flexibility index (Phi) is 3.91. The molecule has 0 aromatic heterocycles. The third-order valence-corrected chi connectivity index (χ3v) is 2.27. The minimum absolute atomic E-state index is 0.0814. The first kappa shape index (κ1) is 11.8. The Balaban J connectivity index is 3.20. The van der Waals surface area contributed by atoms with Gasteiger partial charge in [-0.25, -0.2) is 0 Å². The van der Waals surface area contributed by atoms with Crippen molar-refractivity contribution in [2.24, 2.45) is 0 Å². The number of anilines is 1. The number of nitrogen functional groups attached to an aromatic ring is 1. The minimum Gasteiger partial charge on any atom is -0.487 e. The number of hydrogen-bond acceptors (Lipinski definition) is 3. The molecule has 1 rings (SSSR count). The smallest absolute Gasteiger partial charge is 0.163 e. The van der Waals surface area contributed by atoms with Gasteiger partial charge in [0.15, 0.2) is 11.5 Å². The molecule has 0 bridgehead atoms. The van der Waals surface area contributed by atoms with E-state index in [1.165, 1.54) is 6.92 Å². The molecule has 0 amide bonds. The third-order valence-electron chi connectivity index (χ3n) is 1.81. The van der Waals surface area contributed by atoms with Crippen LogP contribution in [0.1, 0.15) is 17.3 Å². The van der Waals surface area contributed by atoms with Crippen molar-refractivity contribution in [1.29, 1.82) is 0 Å². The van der Waals surface area contributed by atoms with Crippen LogP contribution in [0.2, 0.25) is 0 Å². The van der Waals surface area contributed by atoms with Gasteiger partial charge >= 0.3 is 0 Å². The molecular formula is C11H12BrNO2. The summed E-state index contributed by atoms with van der Waals surface area (Å²) in [5, 5.41) is 0. The van der Waals surface area contributed by atoms with Crippen molar-refractivity contribution in [2.45, 2.75) is 6.92 Å². The van der Waals surface area contributed by atoms with Crippen molar-refractivity contribution in [2.75, 3.05) is 12.3 Å². The Morgan fingerprint density at radius 3 is 2.87 bits per heavy atom. The number of benzene rings is 1. The summed E-state index contributed by atoms with van der Waals surface area (Å²) in [5.74, 6) is 0.340. The minimum atomic E-state index is -0.0814. The number of rotatable bonds is 4. The normalized spacial score (nSPS) is 9.73. The van der Waals surface area contributed by atoms with E-state index < -0.39 is 0 Å². The van der Waals surface area contributed by atoms with E-state index >= 15 is 0 Å². The standard InChI is InChI=1S/C11H12BrNO2/c1-3-4-15-11-9(7(2)14)5-8(12)6-10(11)13/h3,5-6H,1,4,13H2,2H3. The van der Waals surface area contributed by atoms with Crippen LogP contribution in [-0.2, 0) is 0 Å². The number of carbonyl (C=O) groups excluding carboxylic acids is 1. The Morgan fingerprint density at radius 1 is 1.67 bits per heavy atom. The van der Waals surface area contributed by atoms with E-state index in [2.05, 4.69) is 22.5 Å². The highest BCUT2D eigenvalue weighted by Gasteiger charge is 2.12. The molecule has 4 heteroatoms. The first-order valence-electron chi connectivity index (χ1n) is 4.40. The summed E-state index contributed by atoms with van der Waals surface area (Å²) in [5.41, 5.74) is 6.68. The fourth-order valence-electron chi connectivity index (χ4n) is 1.18. The van der Waals surface area contributed by atoms with Crippen LogP contribution < -0.4 is 10.5 Å². The number of ether oxygens (including phenoxy) is 1. The zero-order valence-corrected chi connectivity index (χ0v) is 10.0. The molecule has 0 fully saturated rings. The quantitative estimate of drug-likeness (QED) is 0.520. The summed E-state index contributed by atoms with van der Waals surface area (Å²) < 4.78 is 6.11. The monoisotopic (exact) mass is 269 g/mol. The van der Waals surface area contributed by atoms with Gasteiger partial charge < -0.3 is 10.5 Å². The molecule has 0 saturated carbocycles. The third kappa shape index (κ3) is 2.83. The van der Waals surface area contributed by atoms with E-state index in [1.54, 1.807) is 18.2 Å². The van der Waals surface area contributed by atoms with Crippen LogP contribution in [0.5, 0.6) is 5.75 Å². The molecule has 15 heavy (non-hydrogen) atoms. The summed E-state index contributed by atoms with van der Waals surface area (Å²) in [4.78, 5) is 11.4. The van der Waals surface area contributed by atoms with E-state index in [0.717, 1.165) is 4.47 Å². The zero-order valence-electron chi connectivity index (χ0n) is 8.42. The molecule has 0 saturated heterocycles. The molecule has 1 aromatic carbocycles. The van der Waals surface area contributed by atoms with Crippen molar-refractivity contribution >= 4 is 27.4 Å². The highest BCUT2D eigenvalue weighted by atomic mass is 79.9. The molecule has 0 aliphatic carbocycles. The lowest BCUT2D eigenvalue weighted by Gasteiger charge is -2.11. The van der Waals surface area contributed by atoms with Crippen LogP contribution in [0.25, 0.3) is 0 Å². The van der Waals surface area contributed by atoms with Gasteiger partial charge in [0.25, 0.3) is 0 Å². The fourth-order valence-corrected chi connectivity index (χ4v) is 1.66. The van der Waals surface area contributed by atoms with Crippen LogP contribution in [0.15, 0.2) is 29.3 Å². The van der Waals surface area contributed by atoms with Gasteiger partial charge in [0.05, 0.1) is 11.3 Å². The highest BCUT2D eigenvalue weighted by molar-refractivity contribution is 9.10. The lowest BCUT2D eigenvalue weighted by atomic mass is 10.1. The molecular weight excluding hydrogens is 258 g/mol. The number of hydrogen-bond donors (Lipinski definition) is 1. The topological polar surface area (TPSA) is 52.3 Å². The second-order valence-electron chi connectivity index (χ2n) is 3.03. The van der Waals surface area contributed by atoms with Gasteiger partial charge in [0.2, 0.25) is 0 Å². The Bertz CT molecular complexity index is 402. The van der Waals surface area contributed by atoms with Gasteiger partial charge in [-0.15, -0.1) is 0 Å². The van der Waals surface area contributed by atoms with Crippen molar-refractivity contribution in [3.05, 3.63) is 34.8 Å². The molecule has 2 N–H and O–H groups in total. The summed E-state index contributed by atoms with van der Waals surface area (Å²) in [6.07, 6.45) is 1.60. The fraction of sp³-hybridized carbons (Fsp3) is 0.182. The Hall–Kier alpha value is -1.29. The summed E-state index contributed by atoms with van der Waals surface area (Å²) in [6, 6.07) is 3.39. The molecule has 80 valence electrons. The molecule has 0 unspecified atom stereocenters. The molecule has 0 heterocycles. The number of carbonyl (C=O) groups is 1. The lowest BCUT2D eigenvalue weighted by molar-refractivity contribution is 0.101. The summed E-state index contributed by atoms with van der Waals surface area (Å²) in [6.45, 7) is 5.34. The van der Waals surface area contributed by atoms with E-state index in [-0.39, 0.29) is 5.78 Å². The van der Waals surface area contributed by atoms with E-state index in [9.17, 15) is 4.79 Å². The van der Waals surface area contributed by atoms with Gasteiger partial charge in [-0.2, -0.15) is 0 Å². The van der Waals surface area contributed by atoms with Gasteiger partial charge in [0, 0.05) is 4.47 Å². The molecule has 0 aliphatic rings. The maximum Gasteiger partial charge on any atom is 0.163 e. The van der Waals surface area contributed by atoms with Crippen molar-refractivity contribution in [1.82, 2.24) is 0 Å². The van der Waals surface area contributed by atoms with Crippen molar-refractivity contribution in [3.63, 3.8) is 0 Å². The first-order chi connectivity index (χ1) is 7.06. The van der Waals surface area contributed by atoms with Crippen LogP contribution in [0.3, 0.4) is 0 Å². The van der Waals surface area contributed by atoms with E-state index in [4.69, 9.17) is 10.5 Å². The molecule has 0 radical (unpaired) electrons. The SMILES string of the molecule is C=CCOc1c(N)cc(Br)cc1C(C)=O. The Morgan fingerprint density at radius 2 is 2.33 bits per heavy atom. The summed E-state index contributed by atoms with van der Waals surface area (Å²) in [7, 11) is 0. The number of Topliss-reactive ketones (excluding diaryl/α,β-unsaturated/α-hetero) is 1. The zero-order chi connectivity index (χ0) is 11.4. The van der Waals surface area contributed by atoms with Crippen LogP contribution in [0.4, 0.5) is 5.69 Å². The molecule has 3 nitrogen and oxygen atoms in total. The number of halogens is 1. The molecule has 0 spiro atoms. The molecule has 1 aromatic rings. The maximum absolute atomic E-state index is 11.4. The maximum atomic E-state index is 11.4. The average Bonchev–Trinajstić information content (AvgIpc) is 2.15. The van der Waals surface area contributed by atoms with E-state index in [1.807, 2.05) is 0 Å². The predicted octanol–water partition coefficient (Wildman–Crippen LogP) is 2.80. The Labute approximate surface area is 97.0 Å². The average molecular weight is 270 g/mol. The molecule has 0 atom stereocenters. The lowest BCUT2D eigenvalue weighted by Crippen LogP contribution is -2.04. The van der Waals surface area contributed by atoms with E-state index in [0.29, 0.717) is 23.6 Å². The first-order valence-corrected chi connectivity index (χ1v) is 5.19. The van der Waals surface area contributed by atoms with Crippen LogP contribution >= 0.6 is 15.9 Å². The van der Waals surface area contributed by atoms with Gasteiger partial charge in [-0.1, -0.05) is 28.6 Å².